The molecule has 0 N–H and O–H groups in total. The van der Waals surface area contributed by atoms with E-state index in [1.54, 1.807) is 23.5 Å². The fourth-order valence-electron chi connectivity index (χ4n) is 1.58. The van der Waals surface area contributed by atoms with Crippen LogP contribution in [0.4, 0.5) is 5.69 Å². The second-order valence-corrected chi connectivity index (χ2v) is 7.93. The average Bonchev–Trinajstić information content (AvgIpc) is 2.53. The van der Waals surface area contributed by atoms with Gasteiger partial charge in [0.05, 0.1) is 29.2 Å². The SMILES string of the molecule is COC(=O)CC(N=Nc1ccc(I)cc1)=C1SCCCS1. The molecule has 0 radical (unpaired) electrons. The fraction of sp³-hybridized carbons (Fsp3) is 0.357. The highest BCUT2D eigenvalue weighted by Crippen LogP contribution is 2.38. The minimum Gasteiger partial charge on any atom is -0.469 e. The molecule has 1 aromatic rings. The third kappa shape index (κ3) is 5.63. The number of hydrogen-bond acceptors (Lipinski definition) is 6. The van der Waals surface area contributed by atoms with Gasteiger partial charge in [-0.2, -0.15) is 10.2 Å². The summed E-state index contributed by atoms with van der Waals surface area (Å²) in [6, 6.07) is 7.78. The molecule has 0 atom stereocenters. The van der Waals surface area contributed by atoms with Crippen LogP contribution in [0.2, 0.25) is 0 Å². The lowest BCUT2D eigenvalue weighted by Crippen LogP contribution is -2.03. The lowest BCUT2D eigenvalue weighted by molar-refractivity contribution is -0.139. The van der Waals surface area contributed by atoms with Gasteiger partial charge in [0.2, 0.25) is 0 Å². The molecule has 0 saturated carbocycles. The number of methoxy groups -OCH3 is 1. The lowest BCUT2D eigenvalue weighted by atomic mass is 10.3. The van der Waals surface area contributed by atoms with Crippen molar-refractivity contribution in [3.8, 4) is 0 Å². The van der Waals surface area contributed by atoms with E-state index in [2.05, 4.69) is 32.8 Å². The summed E-state index contributed by atoms with van der Waals surface area (Å²) in [4.78, 5) is 11.5. The largest absolute Gasteiger partial charge is 0.469 e. The van der Waals surface area contributed by atoms with Crippen molar-refractivity contribution in [3.63, 3.8) is 0 Å². The Bertz CT molecular complexity index is 551. The van der Waals surface area contributed by atoms with Gasteiger partial charge in [-0.15, -0.1) is 23.5 Å². The number of thioether (sulfide) groups is 2. The number of esters is 1. The fourth-order valence-corrected chi connectivity index (χ4v) is 4.46. The zero-order valence-corrected chi connectivity index (χ0v) is 15.3. The van der Waals surface area contributed by atoms with Crippen LogP contribution in [0.5, 0.6) is 0 Å². The molecule has 0 spiro atoms. The van der Waals surface area contributed by atoms with Crippen LogP contribution in [0.1, 0.15) is 12.8 Å². The first-order valence-corrected chi connectivity index (χ1v) is 9.47. The van der Waals surface area contributed by atoms with Crippen LogP contribution in [0.25, 0.3) is 0 Å². The molecule has 4 nitrogen and oxygen atoms in total. The molecule has 0 amide bonds. The van der Waals surface area contributed by atoms with Crippen LogP contribution in [-0.2, 0) is 9.53 Å². The summed E-state index contributed by atoms with van der Waals surface area (Å²) in [5.74, 6) is 1.84. The van der Waals surface area contributed by atoms with E-state index < -0.39 is 0 Å². The number of carbonyl (C=O) groups excluding carboxylic acids is 1. The monoisotopic (exact) mass is 434 g/mol. The summed E-state index contributed by atoms with van der Waals surface area (Å²) < 4.78 is 6.98. The van der Waals surface area contributed by atoms with E-state index in [1.165, 1.54) is 13.5 Å². The third-order valence-corrected chi connectivity index (χ3v) is 6.05. The smallest absolute Gasteiger partial charge is 0.311 e. The summed E-state index contributed by atoms with van der Waals surface area (Å²) >= 11 is 5.73. The third-order valence-electron chi connectivity index (χ3n) is 2.64. The van der Waals surface area contributed by atoms with Crippen LogP contribution in [0.3, 0.4) is 0 Å². The maximum atomic E-state index is 11.5. The summed E-state index contributed by atoms with van der Waals surface area (Å²) in [6.07, 6.45) is 1.35. The normalized spacial score (nSPS) is 15.2. The molecule has 0 unspecified atom stereocenters. The van der Waals surface area contributed by atoms with Crippen molar-refractivity contribution < 1.29 is 9.53 Å². The molecular formula is C14H15IN2O2S2. The number of halogens is 1. The summed E-state index contributed by atoms with van der Waals surface area (Å²) in [5, 5.41) is 8.53. The number of benzene rings is 1. The number of rotatable bonds is 4. The van der Waals surface area contributed by atoms with Crippen molar-refractivity contribution in [2.75, 3.05) is 18.6 Å². The molecule has 0 aliphatic carbocycles. The van der Waals surface area contributed by atoms with E-state index in [0.29, 0.717) is 5.70 Å². The molecule has 2 rings (SSSR count). The zero-order valence-electron chi connectivity index (χ0n) is 11.5. The van der Waals surface area contributed by atoms with Crippen LogP contribution >= 0.6 is 46.1 Å². The molecule has 7 heteroatoms. The number of hydrogen-bond donors (Lipinski definition) is 0. The quantitative estimate of drug-likeness (QED) is 0.381. The predicted molar refractivity (Wildman–Crippen MR) is 96.9 cm³/mol. The Morgan fingerprint density at radius 1 is 1.29 bits per heavy atom. The van der Waals surface area contributed by atoms with E-state index in [0.717, 1.165) is 25.0 Å². The van der Waals surface area contributed by atoms with Gasteiger partial charge in [-0.1, -0.05) is 0 Å². The first-order chi connectivity index (χ1) is 10.2. The summed E-state index contributed by atoms with van der Waals surface area (Å²) in [7, 11) is 1.39. The van der Waals surface area contributed by atoms with Crippen molar-refractivity contribution in [1.29, 1.82) is 0 Å². The zero-order chi connectivity index (χ0) is 15.1. The Balaban J connectivity index is 2.18. The molecule has 1 aliphatic rings. The Hall–Kier alpha value is -0.540. The molecule has 1 saturated heterocycles. The average molecular weight is 434 g/mol. The Morgan fingerprint density at radius 2 is 1.95 bits per heavy atom. The highest BCUT2D eigenvalue weighted by molar-refractivity contribution is 14.1. The van der Waals surface area contributed by atoms with E-state index in [1.807, 2.05) is 24.3 Å². The van der Waals surface area contributed by atoms with Crippen molar-refractivity contribution in [2.45, 2.75) is 12.8 Å². The number of ether oxygens (including phenoxy) is 1. The van der Waals surface area contributed by atoms with E-state index in [-0.39, 0.29) is 12.4 Å². The van der Waals surface area contributed by atoms with Gasteiger partial charge in [-0.05, 0) is 64.8 Å². The minimum atomic E-state index is -0.286. The van der Waals surface area contributed by atoms with E-state index in [4.69, 9.17) is 4.74 Å². The Labute approximate surface area is 146 Å². The molecule has 1 heterocycles. The van der Waals surface area contributed by atoms with Gasteiger partial charge in [0.25, 0.3) is 0 Å². The molecule has 0 aromatic heterocycles. The second kappa shape index (κ2) is 8.79. The summed E-state index contributed by atoms with van der Waals surface area (Å²) in [6.45, 7) is 0. The van der Waals surface area contributed by atoms with Gasteiger partial charge in [0, 0.05) is 3.57 Å². The van der Waals surface area contributed by atoms with Crippen molar-refractivity contribution >= 4 is 57.8 Å². The molecule has 1 aromatic carbocycles. The Kier molecular flexibility index (Phi) is 7.05. The Morgan fingerprint density at radius 3 is 2.57 bits per heavy atom. The summed E-state index contributed by atoms with van der Waals surface area (Å²) in [5.41, 5.74) is 1.49. The lowest BCUT2D eigenvalue weighted by Gasteiger charge is -2.14. The maximum absolute atomic E-state index is 11.5. The molecule has 21 heavy (non-hydrogen) atoms. The van der Waals surface area contributed by atoms with Crippen LogP contribution in [-0.4, -0.2) is 24.6 Å². The van der Waals surface area contributed by atoms with Crippen molar-refractivity contribution in [1.82, 2.24) is 0 Å². The number of azo groups is 1. The van der Waals surface area contributed by atoms with E-state index in [9.17, 15) is 4.79 Å². The minimum absolute atomic E-state index is 0.166. The van der Waals surface area contributed by atoms with Gasteiger partial charge in [-0.3, -0.25) is 4.79 Å². The highest BCUT2D eigenvalue weighted by Gasteiger charge is 2.16. The van der Waals surface area contributed by atoms with Crippen molar-refractivity contribution in [3.05, 3.63) is 37.8 Å². The van der Waals surface area contributed by atoms with Crippen LogP contribution in [0.15, 0.2) is 44.4 Å². The first kappa shape index (κ1) is 16.8. The topological polar surface area (TPSA) is 51.0 Å². The standard InChI is InChI=1S/C14H15IN2O2S2/c1-19-13(18)9-12(14-20-7-2-8-21-14)17-16-11-5-3-10(15)4-6-11/h3-6H,2,7-9H2,1H3. The highest BCUT2D eigenvalue weighted by atomic mass is 127. The second-order valence-electron chi connectivity index (χ2n) is 4.21. The van der Waals surface area contributed by atoms with Crippen LogP contribution < -0.4 is 0 Å². The molecule has 1 fully saturated rings. The molecule has 112 valence electrons. The van der Waals surface area contributed by atoms with Gasteiger partial charge in [0.1, 0.15) is 0 Å². The van der Waals surface area contributed by atoms with Crippen molar-refractivity contribution in [2.24, 2.45) is 10.2 Å². The van der Waals surface area contributed by atoms with Gasteiger partial charge in [0.15, 0.2) is 0 Å². The maximum Gasteiger partial charge on any atom is 0.311 e. The number of nitrogens with zero attached hydrogens (tertiary/aromatic N) is 2. The van der Waals surface area contributed by atoms with Crippen LogP contribution in [0, 0.1) is 3.57 Å². The van der Waals surface area contributed by atoms with Gasteiger partial charge >= 0.3 is 5.97 Å². The first-order valence-electron chi connectivity index (χ1n) is 6.42. The predicted octanol–water partition coefficient (Wildman–Crippen LogP) is 4.98. The van der Waals surface area contributed by atoms with Gasteiger partial charge < -0.3 is 4.74 Å². The molecular weight excluding hydrogens is 419 g/mol. The molecule has 1 aliphatic heterocycles. The molecule has 0 bridgehead atoms. The van der Waals surface area contributed by atoms with Gasteiger partial charge in [-0.25, -0.2) is 0 Å². The number of carbonyl (C=O) groups is 1. The van der Waals surface area contributed by atoms with E-state index >= 15 is 0 Å².